The normalized spacial score (nSPS) is 11.5. The molecule has 2 rings (SSSR count). The van der Waals surface area contributed by atoms with Crippen LogP contribution >= 0.6 is 11.6 Å². The summed E-state index contributed by atoms with van der Waals surface area (Å²) in [6, 6.07) is 5.75. The summed E-state index contributed by atoms with van der Waals surface area (Å²) >= 11 is 5.86. The molecule has 0 spiro atoms. The number of pyridine rings is 1. The van der Waals surface area contributed by atoms with Crippen LogP contribution in [0.25, 0.3) is 5.82 Å². The lowest BCUT2D eigenvalue weighted by molar-refractivity contribution is 0.0696. The van der Waals surface area contributed by atoms with Crippen LogP contribution in [-0.2, 0) is 0 Å². The summed E-state index contributed by atoms with van der Waals surface area (Å²) < 4.78 is 7.13. The van der Waals surface area contributed by atoms with Crippen LogP contribution in [0.15, 0.2) is 24.4 Å². The van der Waals surface area contributed by atoms with Crippen LogP contribution in [0.5, 0.6) is 5.88 Å². The Bertz CT molecular complexity index is 682. The first-order valence-electron chi connectivity index (χ1n) is 6.85. The second-order valence-corrected chi connectivity index (χ2v) is 12.0. The summed E-state index contributed by atoms with van der Waals surface area (Å²) in [4.78, 5) is 14.9. The van der Waals surface area contributed by atoms with E-state index in [2.05, 4.69) is 29.7 Å². The first-order valence-corrected chi connectivity index (χ1v) is 10.9. The zero-order chi connectivity index (χ0) is 16.3. The van der Waals surface area contributed by atoms with E-state index >= 15 is 0 Å². The number of hydrogen-bond donors (Lipinski definition) is 1. The Balaban J connectivity index is 2.08. The van der Waals surface area contributed by atoms with Gasteiger partial charge >= 0.3 is 5.97 Å². The molecular formula is C14H18ClN3O3Si. The smallest absolute Gasteiger partial charge is 0.338 e. The number of rotatable bonds is 6. The Hall–Kier alpha value is -1.86. The average Bonchev–Trinajstić information content (AvgIpc) is 2.85. The van der Waals surface area contributed by atoms with Gasteiger partial charge in [0.2, 0.25) is 5.88 Å². The number of aromatic carboxylic acids is 1. The second-order valence-electron chi connectivity index (χ2n) is 6.07. The highest BCUT2D eigenvalue weighted by Crippen LogP contribution is 2.17. The Morgan fingerprint density at radius 1 is 1.36 bits per heavy atom. The van der Waals surface area contributed by atoms with Crippen LogP contribution < -0.4 is 4.74 Å². The molecule has 2 aromatic heterocycles. The van der Waals surface area contributed by atoms with Crippen molar-refractivity contribution in [3.8, 4) is 11.7 Å². The first-order chi connectivity index (χ1) is 10.3. The number of carbonyl (C=O) groups is 1. The van der Waals surface area contributed by atoms with E-state index in [1.54, 1.807) is 18.3 Å². The van der Waals surface area contributed by atoms with Gasteiger partial charge in [-0.25, -0.2) is 14.5 Å². The van der Waals surface area contributed by atoms with Gasteiger partial charge in [-0.2, -0.15) is 0 Å². The molecule has 0 saturated heterocycles. The highest BCUT2D eigenvalue weighted by Gasteiger charge is 2.14. The molecule has 118 valence electrons. The molecule has 6 nitrogen and oxygen atoms in total. The molecular weight excluding hydrogens is 322 g/mol. The fourth-order valence-corrected chi connectivity index (χ4v) is 2.63. The number of ether oxygens (including phenoxy) is 1. The molecule has 0 aromatic carbocycles. The molecule has 1 N–H and O–H groups in total. The predicted molar refractivity (Wildman–Crippen MR) is 87.0 cm³/mol. The van der Waals surface area contributed by atoms with Gasteiger partial charge in [-0.3, -0.25) is 0 Å². The maximum absolute atomic E-state index is 10.9. The minimum atomic E-state index is -1.14. The summed E-state index contributed by atoms with van der Waals surface area (Å²) in [5.74, 6) is -0.159. The molecule has 0 aliphatic carbocycles. The van der Waals surface area contributed by atoms with Gasteiger partial charge in [-0.1, -0.05) is 31.2 Å². The highest BCUT2D eigenvalue weighted by atomic mass is 35.5. The fourth-order valence-electron chi connectivity index (χ4n) is 1.69. The third-order valence-corrected chi connectivity index (χ3v) is 4.96. The number of halogens is 1. The van der Waals surface area contributed by atoms with Gasteiger partial charge in [0.05, 0.1) is 12.2 Å². The quantitative estimate of drug-likeness (QED) is 0.645. The van der Waals surface area contributed by atoms with E-state index < -0.39 is 14.0 Å². The van der Waals surface area contributed by atoms with Crippen molar-refractivity contribution in [2.24, 2.45) is 0 Å². The molecule has 0 aliphatic heterocycles. The summed E-state index contributed by atoms with van der Waals surface area (Å²) in [5, 5.41) is 13.1. The van der Waals surface area contributed by atoms with Gasteiger partial charge in [0.15, 0.2) is 5.82 Å². The summed E-state index contributed by atoms with van der Waals surface area (Å²) in [5.41, 5.74) is -0.0378. The van der Waals surface area contributed by atoms with Gasteiger partial charge < -0.3 is 9.84 Å². The van der Waals surface area contributed by atoms with Gasteiger partial charge in [-0.15, -0.1) is 5.10 Å². The van der Waals surface area contributed by atoms with E-state index in [9.17, 15) is 4.79 Å². The Morgan fingerprint density at radius 3 is 2.68 bits per heavy atom. The molecule has 8 heteroatoms. The predicted octanol–water partition coefficient (Wildman–Crippen LogP) is 3.34. The lowest BCUT2D eigenvalue weighted by Gasteiger charge is -2.14. The Labute approximate surface area is 134 Å². The van der Waals surface area contributed by atoms with E-state index in [4.69, 9.17) is 21.4 Å². The summed E-state index contributed by atoms with van der Waals surface area (Å²) in [6.45, 7) is 7.49. The molecule has 2 aromatic rings. The standard InChI is InChI=1S/C14H18ClN3O3Si/c1-22(2,3)9-8-21-12-6-7-18(17-12)11-5-4-10(14(19)20)13(15)16-11/h4-7H,8-9H2,1-3H3,(H,19,20). The van der Waals surface area contributed by atoms with Crippen molar-refractivity contribution < 1.29 is 14.6 Å². The Kier molecular flexibility index (Phi) is 4.87. The third-order valence-electron chi connectivity index (χ3n) is 2.97. The number of hydrogen-bond acceptors (Lipinski definition) is 4. The molecule has 0 fully saturated rings. The first kappa shape index (κ1) is 16.5. The van der Waals surface area contributed by atoms with Gasteiger partial charge in [0.25, 0.3) is 0 Å². The summed E-state index contributed by atoms with van der Waals surface area (Å²) in [7, 11) is -1.14. The highest BCUT2D eigenvalue weighted by molar-refractivity contribution is 6.76. The molecule has 0 aliphatic rings. The molecule has 22 heavy (non-hydrogen) atoms. The topological polar surface area (TPSA) is 77.2 Å². The lowest BCUT2D eigenvalue weighted by Crippen LogP contribution is -2.22. The van der Waals surface area contributed by atoms with E-state index in [0.29, 0.717) is 18.3 Å². The molecule has 0 bridgehead atoms. The van der Waals surface area contributed by atoms with Crippen molar-refractivity contribution in [2.75, 3.05) is 6.61 Å². The molecule has 0 atom stereocenters. The van der Waals surface area contributed by atoms with Gasteiger partial charge in [0, 0.05) is 20.3 Å². The molecule has 0 unspecified atom stereocenters. The van der Waals surface area contributed by atoms with Crippen molar-refractivity contribution in [3.05, 3.63) is 35.1 Å². The van der Waals surface area contributed by atoms with Crippen LogP contribution in [0.1, 0.15) is 10.4 Å². The van der Waals surface area contributed by atoms with Crippen LogP contribution in [0.4, 0.5) is 0 Å². The van der Waals surface area contributed by atoms with E-state index in [1.807, 2.05) is 0 Å². The van der Waals surface area contributed by atoms with Crippen LogP contribution in [0.2, 0.25) is 30.8 Å². The molecule has 0 amide bonds. The largest absolute Gasteiger partial charge is 0.478 e. The van der Waals surface area contributed by atoms with Crippen molar-refractivity contribution in [1.29, 1.82) is 0 Å². The van der Waals surface area contributed by atoms with E-state index in [0.717, 1.165) is 6.04 Å². The summed E-state index contributed by atoms with van der Waals surface area (Å²) in [6.07, 6.45) is 1.70. The zero-order valence-corrected chi connectivity index (χ0v) is 14.5. The number of nitrogens with zero attached hydrogens (tertiary/aromatic N) is 3. The van der Waals surface area contributed by atoms with E-state index in [-0.39, 0.29) is 10.7 Å². The van der Waals surface area contributed by atoms with Crippen LogP contribution in [0, 0.1) is 0 Å². The van der Waals surface area contributed by atoms with Crippen molar-refractivity contribution >= 4 is 25.6 Å². The van der Waals surface area contributed by atoms with Gasteiger partial charge in [-0.05, 0) is 18.2 Å². The molecule has 2 heterocycles. The molecule has 0 saturated carbocycles. The average molecular weight is 340 g/mol. The minimum absolute atomic E-state index is 0.0378. The van der Waals surface area contributed by atoms with Crippen molar-refractivity contribution in [3.63, 3.8) is 0 Å². The minimum Gasteiger partial charge on any atom is -0.478 e. The molecule has 0 radical (unpaired) electrons. The number of carboxylic acid groups (broad SMARTS) is 1. The number of aromatic nitrogens is 3. The van der Waals surface area contributed by atoms with Crippen molar-refractivity contribution in [2.45, 2.75) is 25.7 Å². The second kappa shape index (κ2) is 6.49. The van der Waals surface area contributed by atoms with E-state index in [1.165, 1.54) is 10.7 Å². The number of carboxylic acids is 1. The maximum Gasteiger partial charge on any atom is 0.338 e. The maximum atomic E-state index is 10.9. The third kappa shape index (κ3) is 4.31. The Morgan fingerprint density at radius 2 is 2.09 bits per heavy atom. The monoisotopic (exact) mass is 339 g/mol. The van der Waals surface area contributed by atoms with Crippen LogP contribution in [-0.4, -0.2) is 40.5 Å². The zero-order valence-electron chi connectivity index (χ0n) is 12.7. The van der Waals surface area contributed by atoms with Gasteiger partial charge in [0.1, 0.15) is 5.15 Å². The lowest BCUT2D eigenvalue weighted by atomic mass is 10.3. The van der Waals surface area contributed by atoms with Crippen LogP contribution in [0.3, 0.4) is 0 Å². The van der Waals surface area contributed by atoms with Crippen molar-refractivity contribution in [1.82, 2.24) is 14.8 Å². The fraction of sp³-hybridized carbons (Fsp3) is 0.357. The SMILES string of the molecule is C[Si](C)(C)CCOc1ccn(-c2ccc(C(=O)O)c(Cl)n2)n1.